The maximum atomic E-state index is 4.03. The van der Waals surface area contributed by atoms with E-state index in [1.54, 1.807) is 6.33 Å². The van der Waals surface area contributed by atoms with Crippen LogP contribution in [0.2, 0.25) is 0 Å². The fourth-order valence-corrected chi connectivity index (χ4v) is 2.78. The first-order valence-electron chi connectivity index (χ1n) is 6.28. The molecule has 1 aromatic heterocycles. The molecule has 2 rings (SSSR count). The third kappa shape index (κ3) is 2.59. The van der Waals surface area contributed by atoms with E-state index in [4.69, 9.17) is 0 Å². The lowest BCUT2D eigenvalue weighted by Crippen LogP contribution is -2.32. The molecular formula is C13H21N3. The molecule has 0 saturated heterocycles. The van der Waals surface area contributed by atoms with E-state index in [0.717, 1.165) is 18.4 Å². The summed E-state index contributed by atoms with van der Waals surface area (Å²) in [5, 5.41) is 3.63. The van der Waals surface area contributed by atoms with Crippen molar-refractivity contribution in [2.24, 2.45) is 11.8 Å². The predicted octanol–water partition coefficient (Wildman–Crippen LogP) is 2.39. The van der Waals surface area contributed by atoms with E-state index in [0.29, 0.717) is 6.04 Å². The Balaban J connectivity index is 1.83. The second-order valence-corrected chi connectivity index (χ2v) is 4.84. The van der Waals surface area contributed by atoms with E-state index in [-0.39, 0.29) is 0 Å². The number of rotatable bonds is 4. The molecule has 16 heavy (non-hydrogen) atoms. The van der Waals surface area contributed by atoms with Gasteiger partial charge in [-0.05, 0) is 24.7 Å². The Kier molecular flexibility index (Phi) is 3.88. The SMILES string of the molecule is CCC1CCC(NCc2cncnc2)C1C. The van der Waals surface area contributed by atoms with Crippen LogP contribution in [0.1, 0.15) is 38.7 Å². The first-order chi connectivity index (χ1) is 7.81. The molecule has 3 atom stereocenters. The lowest BCUT2D eigenvalue weighted by Gasteiger charge is -2.20. The summed E-state index contributed by atoms with van der Waals surface area (Å²) in [4.78, 5) is 8.06. The zero-order valence-corrected chi connectivity index (χ0v) is 10.2. The van der Waals surface area contributed by atoms with Gasteiger partial charge in [0.25, 0.3) is 0 Å². The van der Waals surface area contributed by atoms with Gasteiger partial charge in [0.2, 0.25) is 0 Å². The Hall–Kier alpha value is -0.960. The fourth-order valence-electron chi connectivity index (χ4n) is 2.78. The van der Waals surface area contributed by atoms with Gasteiger partial charge in [0.1, 0.15) is 6.33 Å². The van der Waals surface area contributed by atoms with Gasteiger partial charge in [-0.25, -0.2) is 9.97 Å². The topological polar surface area (TPSA) is 37.8 Å². The normalized spacial score (nSPS) is 29.5. The largest absolute Gasteiger partial charge is 0.310 e. The number of hydrogen-bond donors (Lipinski definition) is 1. The summed E-state index contributed by atoms with van der Waals surface area (Å²) < 4.78 is 0. The van der Waals surface area contributed by atoms with E-state index in [1.807, 2.05) is 12.4 Å². The van der Waals surface area contributed by atoms with Gasteiger partial charge in [-0.15, -0.1) is 0 Å². The van der Waals surface area contributed by atoms with Crippen molar-refractivity contribution in [3.8, 4) is 0 Å². The van der Waals surface area contributed by atoms with Crippen LogP contribution in [0.15, 0.2) is 18.7 Å². The van der Waals surface area contributed by atoms with Crippen molar-refractivity contribution in [3.63, 3.8) is 0 Å². The summed E-state index contributed by atoms with van der Waals surface area (Å²) in [6, 6.07) is 0.671. The van der Waals surface area contributed by atoms with Crippen LogP contribution in [0, 0.1) is 11.8 Å². The molecule has 88 valence electrons. The molecule has 1 heterocycles. The lowest BCUT2D eigenvalue weighted by atomic mass is 9.93. The quantitative estimate of drug-likeness (QED) is 0.845. The highest BCUT2D eigenvalue weighted by molar-refractivity contribution is 5.02. The van der Waals surface area contributed by atoms with E-state index in [9.17, 15) is 0 Å². The van der Waals surface area contributed by atoms with E-state index < -0.39 is 0 Å². The van der Waals surface area contributed by atoms with Crippen LogP contribution in [-0.4, -0.2) is 16.0 Å². The molecule has 0 aromatic carbocycles. The van der Waals surface area contributed by atoms with Crippen LogP contribution < -0.4 is 5.32 Å². The summed E-state index contributed by atoms with van der Waals surface area (Å²) in [7, 11) is 0. The van der Waals surface area contributed by atoms with Gasteiger partial charge in [-0.2, -0.15) is 0 Å². The van der Waals surface area contributed by atoms with Crippen LogP contribution in [-0.2, 0) is 6.54 Å². The molecule has 1 aliphatic carbocycles. The minimum absolute atomic E-state index is 0.671. The Morgan fingerprint density at radius 1 is 1.31 bits per heavy atom. The van der Waals surface area contributed by atoms with Crippen molar-refractivity contribution in [2.45, 2.75) is 45.7 Å². The van der Waals surface area contributed by atoms with Gasteiger partial charge in [0, 0.05) is 30.5 Å². The van der Waals surface area contributed by atoms with Crippen LogP contribution in [0.4, 0.5) is 0 Å². The van der Waals surface area contributed by atoms with Crippen LogP contribution in [0.5, 0.6) is 0 Å². The molecule has 0 aliphatic heterocycles. The maximum absolute atomic E-state index is 4.03. The highest BCUT2D eigenvalue weighted by Gasteiger charge is 2.30. The molecule has 3 unspecified atom stereocenters. The standard InChI is InChI=1S/C13H21N3/c1-3-12-4-5-13(10(12)2)16-8-11-6-14-9-15-7-11/h6-7,9-10,12-13,16H,3-5,8H2,1-2H3. The average Bonchev–Trinajstić information content (AvgIpc) is 2.69. The molecule has 0 radical (unpaired) electrons. The molecule has 3 heteroatoms. The summed E-state index contributed by atoms with van der Waals surface area (Å²) in [6.07, 6.45) is 9.35. The second kappa shape index (κ2) is 5.39. The van der Waals surface area contributed by atoms with Crippen molar-refractivity contribution in [2.75, 3.05) is 0 Å². The number of nitrogens with zero attached hydrogens (tertiary/aromatic N) is 2. The molecule has 1 saturated carbocycles. The Labute approximate surface area is 97.7 Å². The zero-order valence-electron chi connectivity index (χ0n) is 10.2. The lowest BCUT2D eigenvalue weighted by molar-refractivity contribution is 0.344. The number of nitrogens with one attached hydrogen (secondary N) is 1. The van der Waals surface area contributed by atoms with E-state index in [2.05, 4.69) is 29.1 Å². The minimum atomic E-state index is 0.671. The van der Waals surface area contributed by atoms with E-state index >= 15 is 0 Å². The molecule has 1 aliphatic rings. The fraction of sp³-hybridized carbons (Fsp3) is 0.692. The predicted molar refractivity (Wildman–Crippen MR) is 64.8 cm³/mol. The Bertz CT molecular complexity index is 312. The molecule has 1 N–H and O–H groups in total. The second-order valence-electron chi connectivity index (χ2n) is 4.84. The summed E-state index contributed by atoms with van der Waals surface area (Å²) in [5.41, 5.74) is 1.18. The zero-order chi connectivity index (χ0) is 11.4. The maximum Gasteiger partial charge on any atom is 0.115 e. The molecular weight excluding hydrogens is 198 g/mol. The van der Waals surface area contributed by atoms with Crippen LogP contribution in [0.3, 0.4) is 0 Å². The van der Waals surface area contributed by atoms with Crippen LogP contribution >= 0.6 is 0 Å². The van der Waals surface area contributed by atoms with Gasteiger partial charge in [-0.1, -0.05) is 20.3 Å². The molecule has 1 fully saturated rings. The number of aromatic nitrogens is 2. The van der Waals surface area contributed by atoms with Crippen LogP contribution in [0.25, 0.3) is 0 Å². The summed E-state index contributed by atoms with van der Waals surface area (Å²) in [5.74, 6) is 1.71. The van der Waals surface area contributed by atoms with E-state index in [1.165, 1.54) is 24.8 Å². The monoisotopic (exact) mass is 219 g/mol. The van der Waals surface area contributed by atoms with Gasteiger partial charge in [-0.3, -0.25) is 0 Å². The number of hydrogen-bond acceptors (Lipinski definition) is 3. The van der Waals surface area contributed by atoms with Crippen molar-refractivity contribution in [1.82, 2.24) is 15.3 Å². The van der Waals surface area contributed by atoms with Crippen molar-refractivity contribution in [1.29, 1.82) is 0 Å². The highest BCUT2D eigenvalue weighted by atomic mass is 14.9. The first-order valence-corrected chi connectivity index (χ1v) is 6.28. The van der Waals surface area contributed by atoms with Gasteiger partial charge < -0.3 is 5.32 Å². The minimum Gasteiger partial charge on any atom is -0.310 e. The molecule has 0 bridgehead atoms. The first kappa shape index (κ1) is 11.5. The molecule has 1 aromatic rings. The van der Waals surface area contributed by atoms with Gasteiger partial charge >= 0.3 is 0 Å². The third-order valence-corrected chi connectivity index (χ3v) is 3.93. The van der Waals surface area contributed by atoms with Gasteiger partial charge in [0.15, 0.2) is 0 Å². The van der Waals surface area contributed by atoms with Crippen molar-refractivity contribution in [3.05, 3.63) is 24.3 Å². The van der Waals surface area contributed by atoms with Crippen molar-refractivity contribution >= 4 is 0 Å². The molecule has 0 amide bonds. The van der Waals surface area contributed by atoms with Crippen molar-refractivity contribution < 1.29 is 0 Å². The van der Waals surface area contributed by atoms with Gasteiger partial charge in [0.05, 0.1) is 0 Å². The summed E-state index contributed by atoms with van der Waals surface area (Å²) in [6.45, 7) is 5.57. The Morgan fingerprint density at radius 3 is 2.69 bits per heavy atom. The smallest absolute Gasteiger partial charge is 0.115 e. The Morgan fingerprint density at radius 2 is 2.06 bits per heavy atom. The average molecular weight is 219 g/mol. The summed E-state index contributed by atoms with van der Waals surface area (Å²) >= 11 is 0. The molecule has 0 spiro atoms. The molecule has 3 nitrogen and oxygen atoms in total. The third-order valence-electron chi connectivity index (χ3n) is 3.93. The highest BCUT2D eigenvalue weighted by Crippen LogP contribution is 2.33.